The summed E-state index contributed by atoms with van der Waals surface area (Å²) in [6, 6.07) is 18.4. The fourth-order valence-corrected chi connectivity index (χ4v) is 4.64. The minimum Gasteiger partial charge on any atom is -0.489 e. The van der Waals surface area contributed by atoms with Crippen molar-refractivity contribution in [1.29, 1.82) is 0 Å². The number of hydrogen-bond acceptors (Lipinski definition) is 5. The van der Waals surface area contributed by atoms with Crippen molar-refractivity contribution in [3.63, 3.8) is 0 Å². The molecular weight excluding hydrogens is 436 g/mol. The highest BCUT2D eigenvalue weighted by atomic mass is 35.5. The monoisotopic (exact) mass is 460 g/mol. The lowest BCUT2D eigenvalue weighted by atomic mass is 9.84. The molecule has 0 atom stereocenters. The Hall–Kier alpha value is -3.38. The van der Waals surface area contributed by atoms with Gasteiger partial charge in [-0.05, 0) is 36.1 Å². The molecule has 0 spiro atoms. The molecule has 0 radical (unpaired) electrons. The van der Waals surface area contributed by atoms with Gasteiger partial charge in [0.05, 0.1) is 23.7 Å². The average molecular weight is 461 g/mol. The molecule has 0 N–H and O–H groups in total. The van der Waals surface area contributed by atoms with Gasteiger partial charge in [0.2, 0.25) is 0 Å². The largest absolute Gasteiger partial charge is 0.489 e. The highest BCUT2D eigenvalue weighted by Gasteiger charge is 2.24. The number of halogens is 1. The Morgan fingerprint density at radius 3 is 2.55 bits per heavy atom. The zero-order valence-electron chi connectivity index (χ0n) is 18.2. The maximum Gasteiger partial charge on any atom is 0.167 e. The fourth-order valence-electron chi connectivity index (χ4n) is 4.60. The molecule has 0 amide bonds. The van der Waals surface area contributed by atoms with Gasteiger partial charge in [-0.15, -0.1) is 0 Å². The molecule has 33 heavy (non-hydrogen) atoms. The predicted octanol–water partition coefficient (Wildman–Crippen LogP) is 6.53. The summed E-state index contributed by atoms with van der Waals surface area (Å²) >= 11 is 5.24. The standard InChI is InChI=1S/C26H25ClN4O2/c27-33-30-16-22-15-29-31-25(21-9-5-2-6-10-21)24(17-28-26(22)31)20-11-13-23(14-12-20)32-18-19-7-3-1-4-8-19/h1,3-4,7-8,11-17,21H,2,5-6,9-10,18H2/b30-16+. The van der Waals surface area contributed by atoms with Crippen LogP contribution in [0.1, 0.15) is 54.8 Å². The predicted molar refractivity (Wildman–Crippen MR) is 130 cm³/mol. The van der Waals surface area contributed by atoms with E-state index in [0.29, 0.717) is 12.5 Å². The molecule has 0 aliphatic heterocycles. The van der Waals surface area contributed by atoms with Crippen LogP contribution in [-0.2, 0) is 11.0 Å². The lowest BCUT2D eigenvalue weighted by Gasteiger charge is -2.25. The second-order valence-corrected chi connectivity index (χ2v) is 8.47. The summed E-state index contributed by atoms with van der Waals surface area (Å²) in [7, 11) is 0. The van der Waals surface area contributed by atoms with E-state index in [1.807, 2.05) is 41.0 Å². The molecule has 0 unspecified atom stereocenters. The third-order valence-corrected chi connectivity index (χ3v) is 6.31. The van der Waals surface area contributed by atoms with E-state index in [4.69, 9.17) is 21.6 Å². The van der Waals surface area contributed by atoms with Crippen molar-refractivity contribution in [3.8, 4) is 16.9 Å². The number of benzene rings is 2. The summed E-state index contributed by atoms with van der Waals surface area (Å²) in [5, 5.41) is 8.32. The van der Waals surface area contributed by atoms with E-state index in [0.717, 1.165) is 46.5 Å². The van der Waals surface area contributed by atoms with Crippen LogP contribution in [0.2, 0.25) is 0 Å². The van der Waals surface area contributed by atoms with Gasteiger partial charge in [0.15, 0.2) is 17.5 Å². The van der Waals surface area contributed by atoms with Gasteiger partial charge in [-0.2, -0.15) is 5.10 Å². The number of aromatic nitrogens is 3. The normalized spacial score (nSPS) is 14.7. The Labute approximate surface area is 198 Å². The summed E-state index contributed by atoms with van der Waals surface area (Å²) in [4.78, 5) is 4.70. The van der Waals surface area contributed by atoms with Gasteiger partial charge in [-0.3, -0.25) is 4.39 Å². The quantitative estimate of drug-likeness (QED) is 0.232. The van der Waals surface area contributed by atoms with E-state index in [1.165, 1.54) is 31.2 Å². The Kier molecular flexibility index (Phi) is 6.53. The number of oxime groups is 1. The number of hydrogen-bond donors (Lipinski definition) is 0. The first-order valence-corrected chi connectivity index (χ1v) is 11.6. The highest BCUT2D eigenvalue weighted by molar-refractivity contribution is 6.07. The summed E-state index contributed by atoms with van der Waals surface area (Å²) in [5.74, 6) is 1.27. The van der Waals surface area contributed by atoms with Crippen molar-refractivity contribution in [1.82, 2.24) is 14.6 Å². The van der Waals surface area contributed by atoms with Gasteiger partial charge < -0.3 is 4.74 Å². The number of nitrogens with zero attached hydrogens (tertiary/aromatic N) is 4. The Balaban J connectivity index is 1.48. The maximum atomic E-state index is 5.97. The highest BCUT2D eigenvalue weighted by Crippen LogP contribution is 2.38. The van der Waals surface area contributed by atoms with Crippen LogP contribution < -0.4 is 4.74 Å². The van der Waals surface area contributed by atoms with Gasteiger partial charge in [0.25, 0.3) is 0 Å². The molecule has 0 saturated heterocycles. The van der Waals surface area contributed by atoms with Crippen LogP contribution in [0, 0.1) is 0 Å². The minimum atomic E-state index is 0.433. The van der Waals surface area contributed by atoms with E-state index in [2.05, 4.69) is 38.9 Å². The summed E-state index contributed by atoms with van der Waals surface area (Å²) < 4.78 is 12.3. The first-order valence-electron chi connectivity index (χ1n) is 11.3. The van der Waals surface area contributed by atoms with Crippen LogP contribution in [0.5, 0.6) is 5.75 Å². The number of ether oxygens (including phenoxy) is 1. The molecule has 1 saturated carbocycles. The van der Waals surface area contributed by atoms with E-state index in [9.17, 15) is 0 Å². The molecule has 6 nitrogen and oxygen atoms in total. The smallest absolute Gasteiger partial charge is 0.167 e. The summed E-state index contributed by atoms with van der Waals surface area (Å²) in [5.41, 5.74) is 6.07. The Morgan fingerprint density at radius 2 is 1.79 bits per heavy atom. The molecule has 1 aliphatic rings. The molecule has 0 bridgehead atoms. The van der Waals surface area contributed by atoms with Crippen molar-refractivity contribution in [2.75, 3.05) is 0 Å². The number of rotatable bonds is 7. The van der Waals surface area contributed by atoms with Crippen molar-refractivity contribution in [2.24, 2.45) is 5.16 Å². The first-order chi connectivity index (χ1) is 16.3. The van der Waals surface area contributed by atoms with E-state index in [-0.39, 0.29) is 0 Å². The molecule has 5 rings (SSSR count). The lowest BCUT2D eigenvalue weighted by molar-refractivity contribution is 0.306. The second kappa shape index (κ2) is 10.0. The molecule has 4 aromatic rings. The third kappa shape index (κ3) is 4.71. The second-order valence-electron chi connectivity index (χ2n) is 8.33. The van der Waals surface area contributed by atoms with Gasteiger partial charge in [-0.25, -0.2) is 9.50 Å². The van der Waals surface area contributed by atoms with Crippen LogP contribution >= 0.6 is 11.9 Å². The Bertz CT molecular complexity index is 1230. The van der Waals surface area contributed by atoms with Gasteiger partial charge >= 0.3 is 0 Å². The molecule has 1 fully saturated rings. The minimum absolute atomic E-state index is 0.433. The first kappa shape index (κ1) is 21.5. The molecule has 168 valence electrons. The van der Waals surface area contributed by atoms with Crippen molar-refractivity contribution in [2.45, 2.75) is 44.6 Å². The zero-order valence-corrected chi connectivity index (χ0v) is 19.0. The lowest BCUT2D eigenvalue weighted by Crippen LogP contribution is -2.12. The maximum absolute atomic E-state index is 5.97. The van der Waals surface area contributed by atoms with Crippen LogP contribution in [0.15, 0.2) is 72.1 Å². The van der Waals surface area contributed by atoms with Crippen LogP contribution in [-0.4, -0.2) is 20.8 Å². The molecule has 2 aromatic heterocycles. The average Bonchev–Trinajstić information content (AvgIpc) is 3.30. The van der Waals surface area contributed by atoms with E-state index in [1.54, 1.807) is 6.20 Å². The van der Waals surface area contributed by atoms with Gasteiger partial charge in [0, 0.05) is 17.7 Å². The fraction of sp³-hybridized carbons (Fsp3) is 0.269. The molecular formula is C26H25ClN4O2. The van der Waals surface area contributed by atoms with Gasteiger partial charge in [-0.1, -0.05) is 66.9 Å². The molecule has 2 heterocycles. The van der Waals surface area contributed by atoms with Crippen LogP contribution in [0.4, 0.5) is 0 Å². The topological polar surface area (TPSA) is 61.0 Å². The SMILES string of the molecule is ClO/N=C/c1cnn2c(C3CCCCC3)c(-c3ccc(OCc4ccccc4)cc3)cnc12. The van der Waals surface area contributed by atoms with Crippen molar-refractivity contribution >= 4 is 23.7 Å². The molecule has 2 aromatic carbocycles. The third-order valence-electron chi connectivity index (χ3n) is 6.23. The van der Waals surface area contributed by atoms with E-state index >= 15 is 0 Å². The van der Waals surface area contributed by atoms with Crippen LogP contribution in [0.25, 0.3) is 16.8 Å². The van der Waals surface area contributed by atoms with Crippen molar-refractivity contribution in [3.05, 3.63) is 83.8 Å². The molecule has 7 heteroatoms. The summed E-state index contributed by atoms with van der Waals surface area (Å²) in [6.07, 6.45) is 11.3. The zero-order chi connectivity index (χ0) is 22.5. The Morgan fingerprint density at radius 1 is 1.00 bits per heavy atom. The van der Waals surface area contributed by atoms with E-state index < -0.39 is 0 Å². The van der Waals surface area contributed by atoms with Gasteiger partial charge in [0.1, 0.15) is 12.4 Å². The number of fused-ring (bicyclic) bond motifs is 1. The summed E-state index contributed by atoms with van der Waals surface area (Å²) in [6.45, 7) is 0.546. The van der Waals surface area contributed by atoms with Crippen LogP contribution in [0.3, 0.4) is 0 Å². The molecule has 1 aliphatic carbocycles. The van der Waals surface area contributed by atoms with Crippen molar-refractivity contribution < 1.29 is 9.13 Å².